The quantitative estimate of drug-likeness (QED) is 0.837. The van der Waals surface area contributed by atoms with Crippen molar-refractivity contribution in [2.45, 2.75) is 51.7 Å². The summed E-state index contributed by atoms with van der Waals surface area (Å²) >= 11 is 0. The van der Waals surface area contributed by atoms with E-state index in [0.29, 0.717) is 12.6 Å². The molecular formula is C16H26N4O. The van der Waals surface area contributed by atoms with Gasteiger partial charge in [-0.3, -0.25) is 4.79 Å². The van der Waals surface area contributed by atoms with E-state index in [1.165, 1.54) is 0 Å². The van der Waals surface area contributed by atoms with Gasteiger partial charge in [-0.15, -0.1) is 0 Å². The van der Waals surface area contributed by atoms with Crippen LogP contribution in [0.2, 0.25) is 0 Å². The van der Waals surface area contributed by atoms with E-state index in [9.17, 15) is 4.79 Å². The molecule has 0 spiro atoms. The highest BCUT2D eigenvalue weighted by Crippen LogP contribution is 2.19. The summed E-state index contributed by atoms with van der Waals surface area (Å²) in [6.07, 6.45) is 3.99. The van der Waals surface area contributed by atoms with Crippen molar-refractivity contribution in [2.75, 3.05) is 18.5 Å². The van der Waals surface area contributed by atoms with Crippen molar-refractivity contribution < 1.29 is 4.79 Å². The van der Waals surface area contributed by atoms with E-state index in [1.807, 2.05) is 18.0 Å². The van der Waals surface area contributed by atoms with Gasteiger partial charge in [0.15, 0.2) is 0 Å². The molecule has 0 saturated heterocycles. The Morgan fingerprint density at radius 1 is 1.43 bits per heavy atom. The predicted octanol–water partition coefficient (Wildman–Crippen LogP) is 1.68. The Morgan fingerprint density at radius 2 is 2.14 bits per heavy atom. The molecule has 0 aliphatic heterocycles. The number of aromatic nitrogens is 1. The number of hydrogen-bond acceptors (Lipinski definition) is 4. The molecule has 2 N–H and O–H groups in total. The highest BCUT2D eigenvalue weighted by molar-refractivity contribution is 5.81. The number of pyridine rings is 1. The maximum Gasteiger partial charge on any atom is 0.239 e. The third-order valence-electron chi connectivity index (χ3n) is 3.36. The van der Waals surface area contributed by atoms with Crippen LogP contribution in [0.25, 0.3) is 0 Å². The number of nitrogens with zero attached hydrogens (tertiary/aromatic N) is 2. The van der Waals surface area contributed by atoms with Crippen LogP contribution in [0, 0.1) is 0 Å². The van der Waals surface area contributed by atoms with Crippen LogP contribution in [-0.2, 0) is 11.3 Å². The van der Waals surface area contributed by atoms with Gasteiger partial charge in [-0.1, -0.05) is 6.07 Å². The fraction of sp³-hybridized carbons (Fsp3) is 0.625. The molecule has 1 saturated carbocycles. The second kappa shape index (κ2) is 6.43. The average molecular weight is 290 g/mol. The standard InChI is InChI=1S/C16H26N4O/c1-16(2,3)18-10-12-6-5-9-17-15(12)20(4)11-14(21)19-13-7-8-13/h5-6,9,13,18H,7-8,10-11H2,1-4H3,(H,19,21). The normalized spacial score (nSPS) is 14.9. The summed E-state index contributed by atoms with van der Waals surface area (Å²) in [4.78, 5) is 18.3. The number of amides is 1. The number of carbonyl (C=O) groups is 1. The molecule has 5 heteroatoms. The Balaban J connectivity index is 1.98. The monoisotopic (exact) mass is 290 g/mol. The second-order valence-electron chi connectivity index (χ2n) is 6.79. The summed E-state index contributed by atoms with van der Waals surface area (Å²) in [6.45, 7) is 7.48. The van der Waals surface area contributed by atoms with E-state index in [1.54, 1.807) is 6.20 Å². The highest BCUT2D eigenvalue weighted by Gasteiger charge is 2.24. The topological polar surface area (TPSA) is 57.3 Å². The molecule has 0 unspecified atom stereocenters. The lowest BCUT2D eigenvalue weighted by Gasteiger charge is -2.24. The minimum atomic E-state index is 0.0506. The van der Waals surface area contributed by atoms with E-state index >= 15 is 0 Å². The van der Waals surface area contributed by atoms with Gasteiger partial charge in [-0.2, -0.15) is 0 Å². The molecule has 0 atom stereocenters. The zero-order chi connectivity index (χ0) is 15.5. The molecule has 1 amide bonds. The van der Waals surface area contributed by atoms with Crippen LogP contribution in [-0.4, -0.2) is 36.1 Å². The van der Waals surface area contributed by atoms with Gasteiger partial charge in [0.1, 0.15) is 5.82 Å². The Morgan fingerprint density at radius 3 is 2.76 bits per heavy atom. The van der Waals surface area contributed by atoms with Crippen LogP contribution in [0.4, 0.5) is 5.82 Å². The van der Waals surface area contributed by atoms with Gasteiger partial charge in [0.25, 0.3) is 0 Å². The Bertz CT molecular complexity index is 491. The van der Waals surface area contributed by atoms with E-state index in [-0.39, 0.29) is 11.4 Å². The van der Waals surface area contributed by atoms with Crippen molar-refractivity contribution in [3.63, 3.8) is 0 Å². The lowest BCUT2D eigenvalue weighted by atomic mass is 10.1. The van der Waals surface area contributed by atoms with Gasteiger partial charge < -0.3 is 15.5 Å². The molecule has 0 radical (unpaired) electrons. The lowest BCUT2D eigenvalue weighted by Crippen LogP contribution is -2.38. The van der Waals surface area contributed by atoms with Gasteiger partial charge in [0, 0.05) is 36.9 Å². The number of hydrogen-bond donors (Lipinski definition) is 2. The fourth-order valence-electron chi connectivity index (χ4n) is 2.06. The molecule has 2 rings (SSSR count). The number of rotatable bonds is 6. The van der Waals surface area contributed by atoms with Crippen molar-refractivity contribution in [1.82, 2.24) is 15.6 Å². The van der Waals surface area contributed by atoms with Crippen LogP contribution in [0.5, 0.6) is 0 Å². The Kier molecular flexibility index (Phi) is 4.83. The molecule has 116 valence electrons. The molecule has 1 aromatic rings. The van der Waals surface area contributed by atoms with Gasteiger partial charge in [-0.25, -0.2) is 4.98 Å². The highest BCUT2D eigenvalue weighted by atomic mass is 16.2. The Labute approximate surface area is 127 Å². The first-order valence-electron chi connectivity index (χ1n) is 7.54. The third kappa shape index (κ3) is 5.34. The van der Waals surface area contributed by atoms with Crippen LogP contribution in [0.1, 0.15) is 39.2 Å². The third-order valence-corrected chi connectivity index (χ3v) is 3.36. The number of nitrogens with one attached hydrogen (secondary N) is 2. The minimum Gasteiger partial charge on any atom is -0.352 e. The molecular weight excluding hydrogens is 264 g/mol. The van der Waals surface area contributed by atoms with Gasteiger partial charge in [-0.05, 0) is 39.7 Å². The molecule has 1 aromatic heterocycles. The summed E-state index contributed by atoms with van der Waals surface area (Å²) < 4.78 is 0. The van der Waals surface area contributed by atoms with Crippen LogP contribution in [0.3, 0.4) is 0 Å². The molecule has 0 aromatic carbocycles. The maximum atomic E-state index is 11.9. The summed E-state index contributed by atoms with van der Waals surface area (Å²) in [7, 11) is 1.91. The number of anilines is 1. The van der Waals surface area contributed by atoms with E-state index in [0.717, 1.165) is 30.8 Å². The molecule has 1 fully saturated rings. The van der Waals surface area contributed by atoms with Gasteiger partial charge in [0.2, 0.25) is 5.91 Å². The van der Waals surface area contributed by atoms with Crippen molar-refractivity contribution in [2.24, 2.45) is 0 Å². The fourth-order valence-corrected chi connectivity index (χ4v) is 2.06. The first kappa shape index (κ1) is 15.8. The molecule has 1 aliphatic rings. The van der Waals surface area contributed by atoms with Crippen molar-refractivity contribution in [3.05, 3.63) is 23.9 Å². The van der Waals surface area contributed by atoms with Gasteiger partial charge in [0.05, 0.1) is 6.54 Å². The lowest BCUT2D eigenvalue weighted by molar-refractivity contribution is -0.119. The smallest absolute Gasteiger partial charge is 0.239 e. The van der Waals surface area contributed by atoms with Crippen molar-refractivity contribution in [1.29, 1.82) is 0 Å². The number of likely N-dealkylation sites (N-methyl/N-ethyl adjacent to an activating group) is 1. The van der Waals surface area contributed by atoms with E-state index in [2.05, 4.69) is 42.5 Å². The van der Waals surface area contributed by atoms with E-state index in [4.69, 9.17) is 0 Å². The zero-order valence-corrected chi connectivity index (χ0v) is 13.4. The first-order chi connectivity index (χ1) is 9.85. The zero-order valence-electron chi connectivity index (χ0n) is 13.4. The predicted molar refractivity (Wildman–Crippen MR) is 85.3 cm³/mol. The molecule has 21 heavy (non-hydrogen) atoms. The summed E-state index contributed by atoms with van der Waals surface area (Å²) in [5.41, 5.74) is 1.16. The molecule has 0 bridgehead atoms. The van der Waals surface area contributed by atoms with Gasteiger partial charge >= 0.3 is 0 Å². The first-order valence-corrected chi connectivity index (χ1v) is 7.54. The summed E-state index contributed by atoms with van der Waals surface area (Å²) in [6, 6.07) is 4.38. The average Bonchev–Trinajstić information content (AvgIpc) is 3.19. The maximum absolute atomic E-state index is 11.9. The van der Waals surface area contributed by atoms with Crippen molar-refractivity contribution >= 4 is 11.7 Å². The second-order valence-corrected chi connectivity index (χ2v) is 6.79. The SMILES string of the molecule is CN(CC(=O)NC1CC1)c1ncccc1CNC(C)(C)C. The van der Waals surface area contributed by atoms with Crippen LogP contribution in [0.15, 0.2) is 18.3 Å². The largest absolute Gasteiger partial charge is 0.352 e. The Hall–Kier alpha value is -1.62. The van der Waals surface area contributed by atoms with Crippen LogP contribution < -0.4 is 15.5 Å². The van der Waals surface area contributed by atoms with Crippen LogP contribution >= 0.6 is 0 Å². The molecule has 1 heterocycles. The molecule has 5 nitrogen and oxygen atoms in total. The summed E-state index contributed by atoms with van der Waals surface area (Å²) in [5, 5.41) is 6.47. The van der Waals surface area contributed by atoms with Crippen molar-refractivity contribution in [3.8, 4) is 0 Å². The minimum absolute atomic E-state index is 0.0506. The van der Waals surface area contributed by atoms with E-state index < -0.39 is 0 Å². The molecule has 1 aliphatic carbocycles. The summed E-state index contributed by atoms with van der Waals surface area (Å²) in [5.74, 6) is 0.931. The number of carbonyl (C=O) groups excluding carboxylic acids is 1.